The topological polar surface area (TPSA) is 96.3 Å². The van der Waals surface area contributed by atoms with Crippen molar-refractivity contribution in [3.05, 3.63) is 48.1 Å². The third-order valence-corrected chi connectivity index (χ3v) is 11.7. The second-order valence-corrected chi connectivity index (χ2v) is 13.3. The second-order valence-electron chi connectivity index (χ2n) is 12.3. The number of hydrogen-bond donors (Lipinski definition) is 2. The quantitative estimate of drug-likeness (QED) is 0.495. The van der Waals surface area contributed by atoms with Crippen LogP contribution >= 0.6 is 11.8 Å². The van der Waals surface area contributed by atoms with Crippen molar-refractivity contribution in [3.63, 3.8) is 0 Å². The van der Waals surface area contributed by atoms with E-state index in [0.29, 0.717) is 18.8 Å². The minimum Gasteiger partial charge on any atom is -0.497 e. The molecule has 0 unspecified atom stereocenters. The van der Waals surface area contributed by atoms with Crippen molar-refractivity contribution in [2.24, 2.45) is 28.6 Å². The molecule has 1 aliphatic heterocycles. The van der Waals surface area contributed by atoms with Gasteiger partial charge in [0.1, 0.15) is 18.5 Å². The maximum atomic E-state index is 17.4. The molecule has 10 heteroatoms. The number of ketones is 2. The number of benzene rings is 1. The number of aliphatic hydroxyl groups excluding tert-OH is 2. The highest BCUT2D eigenvalue weighted by atomic mass is 32.2. The molecule has 1 aromatic rings. The predicted octanol–water partition coefficient (Wildman–Crippen LogP) is 3.84. The smallest absolute Gasteiger partial charge is 0.192 e. The minimum absolute atomic E-state index is 0.0683. The molecule has 216 valence electrons. The molecule has 0 bridgehead atoms. The van der Waals surface area contributed by atoms with Crippen LogP contribution in [0, 0.1) is 28.6 Å². The highest BCUT2D eigenvalue weighted by Crippen LogP contribution is 2.72. The molecule has 1 aromatic carbocycles. The molecule has 40 heavy (non-hydrogen) atoms. The number of carbonyl (C=O) groups is 2. The summed E-state index contributed by atoms with van der Waals surface area (Å²) in [4.78, 5) is 33.1. The fourth-order valence-corrected chi connectivity index (χ4v) is 9.61. The summed E-state index contributed by atoms with van der Waals surface area (Å²) in [5.41, 5.74) is -6.15. The highest BCUT2D eigenvalue weighted by molar-refractivity contribution is 7.99. The number of carbonyl (C=O) groups excluding carboxylic acids is 2. The summed E-state index contributed by atoms with van der Waals surface area (Å²) >= 11 is 1.52. The lowest BCUT2D eigenvalue weighted by atomic mass is 9.44. The molecule has 0 spiro atoms. The van der Waals surface area contributed by atoms with E-state index in [0.717, 1.165) is 10.6 Å². The maximum absolute atomic E-state index is 17.4. The number of nitrogens with zero attached hydrogens (tertiary/aromatic N) is 1. The van der Waals surface area contributed by atoms with Crippen LogP contribution in [0.2, 0.25) is 0 Å². The van der Waals surface area contributed by atoms with Gasteiger partial charge in [-0.3, -0.25) is 14.4 Å². The molecule has 1 saturated heterocycles. The van der Waals surface area contributed by atoms with Gasteiger partial charge in [-0.05, 0) is 74.1 Å². The first-order chi connectivity index (χ1) is 18.9. The molecule has 4 aliphatic carbocycles. The van der Waals surface area contributed by atoms with Gasteiger partial charge in [0.25, 0.3) is 0 Å². The van der Waals surface area contributed by atoms with E-state index in [2.05, 4.69) is 0 Å². The van der Waals surface area contributed by atoms with Gasteiger partial charge in [0.05, 0.1) is 19.1 Å². The zero-order valence-electron chi connectivity index (χ0n) is 22.8. The Morgan fingerprint density at radius 3 is 2.62 bits per heavy atom. The maximum Gasteiger partial charge on any atom is 0.192 e. The molecule has 2 N–H and O–H groups in total. The summed E-state index contributed by atoms with van der Waals surface area (Å²) in [7, 11) is 1.60. The molecule has 9 atom stereocenters. The number of methoxy groups -OCH3 is 1. The monoisotopic (exact) mass is 575 g/mol. The van der Waals surface area contributed by atoms with Crippen LogP contribution in [0.25, 0.3) is 0 Å². The number of rotatable bonds is 6. The van der Waals surface area contributed by atoms with Crippen molar-refractivity contribution >= 4 is 23.3 Å². The molecule has 0 aromatic heterocycles. The minimum atomic E-state index is -2.23. The van der Waals surface area contributed by atoms with Gasteiger partial charge in [-0.1, -0.05) is 13.0 Å². The average molecular weight is 576 g/mol. The normalized spacial score (nSPS) is 43.9. The molecular formula is C30H35F2NO6S. The summed E-state index contributed by atoms with van der Waals surface area (Å²) < 4.78 is 38.4. The van der Waals surface area contributed by atoms with E-state index in [9.17, 15) is 19.8 Å². The number of aliphatic hydroxyl groups is 2. The zero-order valence-corrected chi connectivity index (χ0v) is 23.6. The van der Waals surface area contributed by atoms with E-state index in [1.165, 1.54) is 30.0 Å². The lowest BCUT2D eigenvalue weighted by Crippen LogP contribution is -2.70. The van der Waals surface area contributed by atoms with E-state index in [1.807, 2.05) is 31.2 Å². The fourth-order valence-electron chi connectivity index (χ4n) is 8.83. The Bertz CT molecular complexity index is 1290. The van der Waals surface area contributed by atoms with Crippen molar-refractivity contribution < 1.29 is 38.2 Å². The largest absolute Gasteiger partial charge is 0.497 e. The van der Waals surface area contributed by atoms with Gasteiger partial charge in [-0.25, -0.2) is 8.78 Å². The van der Waals surface area contributed by atoms with Gasteiger partial charge < -0.3 is 14.9 Å². The van der Waals surface area contributed by atoms with Gasteiger partial charge in [-0.15, -0.1) is 11.8 Å². The van der Waals surface area contributed by atoms with Crippen LogP contribution in [-0.4, -0.2) is 76.5 Å². The van der Waals surface area contributed by atoms with Crippen LogP contribution in [0.4, 0.5) is 8.78 Å². The molecule has 5 aliphatic rings. The molecule has 4 fully saturated rings. The van der Waals surface area contributed by atoms with Gasteiger partial charge in [-0.2, -0.15) is 5.06 Å². The summed E-state index contributed by atoms with van der Waals surface area (Å²) in [6, 6.07) is 7.57. The van der Waals surface area contributed by atoms with Crippen LogP contribution in [0.5, 0.6) is 5.75 Å². The van der Waals surface area contributed by atoms with Crippen molar-refractivity contribution in [2.75, 3.05) is 26.1 Å². The highest BCUT2D eigenvalue weighted by Gasteiger charge is 2.79. The SMILES string of the molecule is COc1ccc(SCN2C[C@@H]3C[C@H]4[C@@H]5C[C@H](F)C6=CC(=O)C=C[C@]6(C)[C@@]5(F)[C@@H](O)C[C@]4(C)[C@]3(C(=O)CO)O2)cc1. The van der Waals surface area contributed by atoms with E-state index in [4.69, 9.17) is 9.57 Å². The lowest BCUT2D eigenvalue weighted by Gasteiger charge is -2.63. The second kappa shape index (κ2) is 9.46. The number of halogens is 2. The molecule has 1 heterocycles. The van der Waals surface area contributed by atoms with E-state index in [-0.39, 0.29) is 24.3 Å². The van der Waals surface area contributed by atoms with E-state index >= 15 is 8.78 Å². The molecule has 7 nitrogen and oxygen atoms in total. The van der Waals surface area contributed by atoms with Crippen LogP contribution in [-0.2, 0) is 14.4 Å². The Morgan fingerprint density at radius 1 is 1.23 bits per heavy atom. The summed E-state index contributed by atoms with van der Waals surface area (Å²) in [5, 5.41) is 23.4. The van der Waals surface area contributed by atoms with Crippen molar-refractivity contribution in [3.8, 4) is 5.75 Å². The third-order valence-electron chi connectivity index (χ3n) is 10.7. The number of thioether (sulfide) groups is 1. The van der Waals surface area contributed by atoms with Gasteiger partial charge in [0.2, 0.25) is 0 Å². The van der Waals surface area contributed by atoms with Crippen molar-refractivity contribution in [2.45, 2.75) is 61.6 Å². The Balaban J connectivity index is 1.32. The first kappa shape index (κ1) is 28.0. The van der Waals surface area contributed by atoms with Gasteiger partial charge in [0.15, 0.2) is 22.8 Å². The fraction of sp³-hybridized carbons (Fsp3) is 0.600. The Labute approximate surface area is 236 Å². The van der Waals surface area contributed by atoms with E-state index in [1.54, 1.807) is 19.1 Å². The number of Topliss-reactive ketones (excluding diaryl/α,β-unsaturated/α-hetero) is 1. The molecule has 3 saturated carbocycles. The zero-order chi connectivity index (χ0) is 28.7. The standard InChI is InChI=1S/C30H35F2NO6S/c1-27-9-8-18(35)11-23(27)24(31)12-22-21-10-17-14-33(16-40-20-6-4-19(38-3)5-7-20)39-30(17,26(37)15-34)28(21,2)13-25(36)29(22,27)32/h4-9,11,17,21-22,24-25,34,36H,10,12-16H2,1-3H3/t17-,21-,22-,24-,25-,27-,28-,29-,30-/m0/s1. The molecule has 0 radical (unpaired) electrons. The average Bonchev–Trinajstić information content (AvgIpc) is 3.42. The van der Waals surface area contributed by atoms with Crippen molar-refractivity contribution in [1.82, 2.24) is 5.06 Å². The predicted molar refractivity (Wildman–Crippen MR) is 144 cm³/mol. The summed E-state index contributed by atoms with van der Waals surface area (Å²) in [6.45, 7) is 3.03. The Kier molecular flexibility index (Phi) is 6.63. The molecule has 6 rings (SSSR count). The number of hydroxylamine groups is 2. The number of alkyl halides is 2. The summed E-state index contributed by atoms with van der Waals surface area (Å²) in [6.07, 6.45) is 0.870. The van der Waals surface area contributed by atoms with Crippen LogP contribution < -0.4 is 4.74 Å². The summed E-state index contributed by atoms with van der Waals surface area (Å²) in [5.74, 6) is -1.47. The van der Waals surface area contributed by atoms with E-state index < -0.39 is 64.4 Å². The van der Waals surface area contributed by atoms with Gasteiger partial charge >= 0.3 is 0 Å². The number of allylic oxidation sites excluding steroid dienone is 4. The molecule has 0 amide bonds. The van der Waals surface area contributed by atoms with Crippen LogP contribution in [0.15, 0.2) is 53.0 Å². The number of fused-ring (bicyclic) bond motifs is 7. The van der Waals surface area contributed by atoms with Crippen LogP contribution in [0.1, 0.15) is 33.1 Å². The first-order valence-corrected chi connectivity index (χ1v) is 14.7. The number of ether oxygens (including phenoxy) is 1. The third kappa shape index (κ3) is 3.55. The molecular weight excluding hydrogens is 540 g/mol. The Hall–Kier alpha value is -2.11. The van der Waals surface area contributed by atoms with Crippen molar-refractivity contribution in [1.29, 1.82) is 0 Å². The lowest BCUT2D eigenvalue weighted by molar-refractivity contribution is -0.263. The van der Waals surface area contributed by atoms with Crippen LogP contribution in [0.3, 0.4) is 0 Å². The number of hydrogen-bond acceptors (Lipinski definition) is 8. The first-order valence-electron chi connectivity index (χ1n) is 13.8. The van der Waals surface area contributed by atoms with Gasteiger partial charge in [0, 0.05) is 34.1 Å². The Morgan fingerprint density at radius 2 is 1.95 bits per heavy atom.